The molecule has 3 amide bonds. The number of nitrogens with one attached hydrogen (secondary N) is 4. The molecule has 1 fully saturated rings. The first-order valence-corrected chi connectivity index (χ1v) is 12.5. The van der Waals surface area contributed by atoms with Gasteiger partial charge in [-0.3, -0.25) is 14.9 Å². The van der Waals surface area contributed by atoms with Gasteiger partial charge in [-0.25, -0.2) is 4.79 Å². The van der Waals surface area contributed by atoms with E-state index in [-0.39, 0.29) is 17.8 Å². The lowest BCUT2D eigenvalue weighted by molar-refractivity contribution is -0.137. The molecule has 1 aliphatic heterocycles. The van der Waals surface area contributed by atoms with Crippen molar-refractivity contribution in [3.63, 3.8) is 0 Å². The number of aryl methyl sites for hydroxylation is 1. The zero-order chi connectivity index (χ0) is 29.0. The lowest BCUT2D eigenvalue weighted by Gasteiger charge is -2.21. The molecule has 3 rings (SSSR count). The highest BCUT2D eigenvalue weighted by Gasteiger charge is 2.32. The van der Waals surface area contributed by atoms with Crippen molar-refractivity contribution in [2.24, 2.45) is 0 Å². The number of hydrogen-bond acceptors (Lipinski definition) is 6. The Morgan fingerprint density at radius 2 is 1.82 bits per heavy atom. The van der Waals surface area contributed by atoms with Crippen LogP contribution in [-0.4, -0.2) is 48.7 Å². The minimum absolute atomic E-state index is 0.124. The van der Waals surface area contributed by atoms with Crippen molar-refractivity contribution < 1.29 is 32.3 Å². The SMILES string of the molecule is Cc1ccc(CC2CC(NC(=O)CNC(=O)c3cc(C(F)(F)F)ccc3NC(=O)OC(C)(C)C)CN2)cc1N. The molecule has 212 valence electrons. The van der Waals surface area contributed by atoms with Crippen molar-refractivity contribution >= 4 is 29.3 Å². The van der Waals surface area contributed by atoms with E-state index >= 15 is 0 Å². The second-order valence-corrected chi connectivity index (χ2v) is 10.6. The third-order valence-electron chi connectivity index (χ3n) is 6.05. The summed E-state index contributed by atoms with van der Waals surface area (Å²) in [6.07, 6.45) is -4.26. The number of benzene rings is 2. The van der Waals surface area contributed by atoms with Crippen molar-refractivity contribution in [1.29, 1.82) is 0 Å². The maximum Gasteiger partial charge on any atom is 0.416 e. The van der Waals surface area contributed by atoms with E-state index in [1.165, 1.54) is 0 Å². The lowest BCUT2D eigenvalue weighted by atomic mass is 10.0. The summed E-state index contributed by atoms with van der Waals surface area (Å²) in [5.74, 6) is -1.45. The molecular weight excluding hydrogens is 515 g/mol. The second-order valence-electron chi connectivity index (χ2n) is 10.6. The third-order valence-corrected chi connectivity index (χ3v) is 6.05. The Labute approximate surface area is 225 Å². The van der Waals surface area contributed by atoms with Crippen LogP contribution in [0, 0.1) is 6.92 Å². The third kappa shape index (κ3) is 8.88. The van der Waals surface area contributed by atoms with Gasteiger partial charge in [-0.1, -0.05) is 12.1 Å². The maximum atomic E-state index is 13.3. The molecule has 2 aromatic rings. The number of hydrogen-bond donors (Lipinski definition) is 5. The van der Waals surface area contributed by atoms with Crippen LogP contribution in [0.4, 0.5) is 29.3 Å². The molecular formula is C27H34F3N5O4. The summed E-state index contributed by atoms with van der Waals surface area (Å²) in [6, 6.07) is 8.16. The van der Waals surface area contributed by atoms with Gasteiger partial charge >= 0.3 is 12.3 Å². The normalized spacial score (nSPS) is 17.4. The van der Waals surface area contributed by atoms with Crippen molar-refractivity contribution in [1.82, 2.24) is 16.0 Å². The monoisotopic (exact) mass is 549 g/mol. The van der Waals surface area contributed by atoms with Crippen molar-refractivity contribution in [3.05, 3.63) is 58.7 Å². The fourth-order valence-electron chi connectivity index (χ4n) is 4.15. The number of alkyl halides is 3. The fraction of sp³-hybridized carbons (Fsp3) is 0.444. The Bertz CT molecular complexity index is 1230. The van der Waals surface area contributed by atoms with Crippen LogP contribution in [0.15, 0.2) is 36.4 Å². The first-order valence-electron chi connectivity index (χ1n) is 12.5. The van der Waals surface area contributed by atoms with E-state index in [2.05, 4.69) is 21.3 Å². The zero-order valence-electron chi connectivity index (χ0n) is 22.3. The Morgan fingerprint density at radius 3 is 2.46 bits per heavy atom. The standard InChI is InChI=1S/C27H34F3N5O4/c1-15-5-6-16(10-21(15)31)9-18-12-19(13-32-18)34-23(36)14-33-24(37)20-11-17(27(28,29)30)7-8-22(20)35-25(38)39-26(2,3)4/h5-8,10-11,18-19,32H,9,12-14,31H2,1-4H3,(H,33,37)(H,34,36)(H,35,38). The van der Waals surface area contributed by atoms with Gasteiger partial charge in [0, 0.05) is 24.3 Å². The molecule has 1 saturated heterocycles. The number of carbonyl (C=O) groups is 3. The van der Waals surface area contributed by atoms with Crippen molar-refractivity contribution in [3.8, 4) is 0 Å². The van der Waals surface area contributed by atoms with E-state index in [9.17, 15) is 27.6 Å². The molecule has 6 N–H and O–H groups in total. The highest BCUT2D eigenvalue weighted by Crippen LogP contribution is 2.32. The molecule has 2 unspecified atom stereocenters. The average molecular weight is 550 g/mol. The Morgan fingerprint density at radius 1 is 1.10 bits per heavy atom. The van der Waals surface area contributed by atoms with E-state index in [1.54, 1.807) is 20.8 Å². The number of anilines is 2. The van der Waals surface area contributed by atoms with Crippen LogP contribution in [0.2, 0.25) is 0 Å². The molecule has 0 radical (unpaired) electrons. The van der Waals surface area contributed by atoms with Gasteiger partial charge in [0.15, 0.2) is 0 Å². The predicted molar refractivity (Wildman–Crippen MR) is 141 cm³/mol. The van der Waals surface area contributed by atoms with E-state index in [4.69, 9.17) is 10.5 Å². The van der Waals surface area contributed by atoms with Gasteiger partial charge in [0.05, 0.1) is 23.4 Å². The summed E-state index contributed by atoms with van der Waals surface area (Å²) in [4.78, 5) is 37.4. The number of nitrogens with two attached hydrogens (primary N) is 1. The second kappa shape index (κ2) is 11.9. The number of nitrogen functional groups attached to an aromatic ring is 1. The topological polar surface area (TPSA) is 135 Å². The summed E-state index contributed by atoms with van der Waals surface area (Å²) in [5, 5.41) is 10.8. The zero-order valence-corrected chi connectivity index (χ0v) is 22.3. The van der Waals surface area contributed by atoms with Gasteiger partial charge in [-0.05, 0) is 75.9 Å². The minimum atomic E-state index is -4.72. The van der Waals surface area contributed by atoms with E-state index in [0.29, 0.717) is 19.0 Å². The largest absolute Gasteiger partial charge is 0.444 e. The molecule has 0 spiro atoms. The summed E-state index contributed by atoms with van der Waals surface area (Å²) in [5.41, 5.74) is 6.20. The Hall–Kier alpha value is -3.80. The molecule has 12 heteroatoms. The number of halogens is 3. The van der Waals surface area contributed by atoms with Crippen LogP contribution in [0.25, 0.3) is 0 Å². The average Bonchev–Trinajstić information content (AvgIpc) is 3.24. The molecule has 1 aliphatic rings. The maximum absolute atomic E-state index is 13.3. The Balaban J connectivity index is 1.58. The van der Waals surface area contributed by atoms with Crippen LogP contribution in [-0.2, 0) is 22.1 Å². The molecule has 1 heterocycles. The van der Waals surface area contributed by atoms with Gasteiger partial charge in [-0.2, -0.15) is 13.2 Å². The van der Waals surface area contributed by atoms with Crippen LogP contribution in [0.5, 0.6) is 0 Å². The van der Waals surface area contributed by atoms with Crippen LogP contribution >= 0.6 is 0 Å². The van der Waals surface area contributed by atoms with Crippen LogP contribution in [0.1, 0.15) is 54.2 Å². The fourth-order valence-corrected chi connectivity index (χ4v) is 4.15. The quantitative estimate of drug-likeness (QED) is 0.334. The molecule has 0 aliphatic carbocycles. The number of rotatable bonds is 7. The first kappa shape index (κ1) is 29.8. The number of ether oxygens (including phenoxy) is 1. The summed E-state index contributed by atoms with van der Waals surface area (Å²) in [7, 11) is 0. The molecule has 2 aromatic carbocycles. The first-order chi connectivity index (χ1) is 18.1. The highest BCUT2D eigenvalue weighted by molar-refractivity contribution is 6.04. The Kier molecular flexibility index (Phi) is 9.10. The molecule has 2 atom stereocenters. The highest BCUT2D eigenvalue weighted by atomic mass is 19.4. The molecule has 9 nitrogen and oxygen atoms in total. The lowest BCUT2D eigenvalue weighted by Crippen LogP contribution is -2.43. The van der Waals surface area contributed by atoms with Gasteiger partial charge < -0.3 is 26.4 Å². The summed E-state index contributed by atoms with van der Waals surface area (Å²) in [6.45, 7) is 6.85. The summed E-state index contributed by atoms with van der Waals surface area (Å²) < 4.78 is 45.0. The van der Waals surface area contributed by atoms with E-state index in [1.807, 2.05) is 25.1 Å². The molecule has 0 bridgehead atoms. The van der Waals surface area contributed by atoms with Gasteiger partial charge in [0.1, 0.15) is 5.60 Å². The van der Waals surface area contributed by atoms with Crippen LogP contribution < -0.4 is 27.0 Å². The van der Waals surface area contributed by atoms with E-state index in [0.717, 1.165) is 35.4 Å². The number of carbonyl (C=O) groups excluding carboxylic acids is 3. The predicted octanol–water partition coefficient (Wildman–Crippen LogP) is 3.76. The van der Waals surface area contributed by atoms with Crippen LogP contribution in [0.3, 0.4) is 0 Å². The van der Waals surface area contributed by atoms with Crippen molar-refractivity contribution in [2.45, 2.75) is 64.4 Å². The van der Waals surface area contributed by atoms with Crippen molar-refractivity contribution in [2.75, 3.05) is 24.1 Å². The van der Waals surface area contributed by atoms with Gasteiger partial charge in [0.25, 0.3) is 5.91 Å². The number of amides is 3. The molecule has 39 heavy (non-hydrogen) atoms. The molecule has 0 saturated carbocycles. The van der Waals surface area contributed by atoms with E-state index < -0.39 is 47.4 Å². The molecule has 0 aromatic heterocycles. The van der Waals surface area contributed by atoms with Gasteiger partial charge in [0.2, 0.25) is 5.91 Å². The smallest absolute Gasteiger partial charge is 0.416 e. The summed E-state index contributed by atoms with van der Waals surface area (Å²) >= 11 is 0. The minimum Gasteiger partial charge on any atom is -0.444 e. The van der Waals surface area contributed by atoms with Gasteiger partial charge in [-0.15, -0.1) is 0 Å².